The van der Waals surface area contributed by atoms with Crippen molar-refractivity contribution in [1.82, 2.24) is 10.2 Å². The van der Waals surface area contributed by atoms with E-state index < -0.39 is 5.97 Å². The molecule has 1 aliphatic heterocycles. The third-order valence-corrected chi connectivity index (χ3v) is 3.84. The fourth-order valence-electron chi connectivity index (χ4n) is 2.60. The Morgan fingerprint density at radius 2 is 1.95 bits per heavy atom. The number of rotatable bonds is 5. The molecule has 1 aliphatic rings. The summed E-state index contributed by atoms with van der Waals surface area (Å²) in [5, 5.41) is 11.9. The first-order valence-corrected chi connectivity index (χ1v) is 7.47. The number of likely N-dealkylation sites (tertiary alicyclic amines) is 1. The van der Waals surface area contributed by atoms with Gasteiger partial charge in [-0.1, -0.05) is 27.7 Å². The van der Waals surface area contributed by atoms with Gasteiger partial charge in [-0.3, -0.25) is 9.59 Å². The van der Waals surface area contributed by atoms with E-state index in [-0.39, 0.29) is 23.8 Å². The van der Waals surface area contributed by atoms with Gasteiger partial charge in [-0.15, -0.1) is 0 Å². The standard InChI is InChI=1S/C15H28N2O3/c1-5-17-9-11(6-7-13(18)19)8-12(10-17)16-14(20)15(2,3)4/h11-12H,5-10H2,1-4H3,(H,16,20)(H,18,19). The quantitative estimate of drug-likeness (QED) is 0.806. The number of likely N-dealkylation sites (N-methyl/N-ethyl adjacent to an activating group) is 1. The molecule has 0 radical (unpaired) electrons. The number of nitrogens with zero attached hydrogens (tertiary/aromatic N) is 1. The van der Waals surface area contributed by atoms with Gasteiger partial charge in [0.05, 0.1) is 0 Å². The topological polar surface area (TPSA) is 69.6 Å². The van der Waals surface area contributed by atoms with E-state index in [1.54, 1.807) is 0 Å². The van der Waals surface area contributed by atoms with Crippen molar-refractivity contribution in [3.63, 3.8) is 0 Å². The summed E-state index contributed by atoms with van der Waals surface area (Å²) in [5.41, 5.74) is -0.384. The lowest BCUT2D eigenvalue weighted by atomic mass is 9.89. The van der Waals surface area contributed by atoms with E-state index in [1.807, 2.05) is 20.8 Å². The number of amides is 1. The summed E-state index contributed by atoms with van der Waals surface area (Å²) >= 11 is 0. The van der Waals surface area contributed by atoms with Crippen LogP contribution >= 0.6 is 0 Å². The number of carbonyl (C=O) groups is 2. The van der Waals surface area contributed by atoms with Crippen LogP contribution in [0.2, 0.25) is 0 Å². The number of aliphatic carboxylic acids is 1. The summed E-state index contributed by atoms with van der Waals surface area (Å²) in [6.45, 7) is 10.6. The predicted molar refractivity (Wildman–Crippen MR) is 78.5 cm³/mol. The minimum Gasteiger partial charge on any atom is -0.481 e. The van der Waals surface area contributed by atoms with E-state index in [1.165, 1.54) is 0 Å². The number of piperidine rings is 1. The lowest BCUT2D eigenvalue weighted by molar-refractivity contribution is -0.137. The van der Waals surface area contributed by atoms with Gasteiger partial charge in [-0.2, -0.15) is 0 Å². The maximum atomic E-state index is 12.1. The molecule has 0 saturated carbocycles. The lowest BCUT2D eigenvalue weighted by Gasteiger charge is -2.38. The number of carbonyl (C=O) groups excluding carboxylic acids is 1. The molecule has 0 aromatic rings. The van der Waals surface area contributed by atoms with Crippen molar-refractivity contribution in [3.05, 3.63) is 0 Å². The average Bonchev–Trinajstić information content (AvgIpc) is 2.34. The molecular weight excluding hydrogens is 256 g/mol. The smallest absolute Gasteiger partial charge is 0.303 e. The molecule has 0 aromatic heterocycles. The van der Waals surface area contributed by atoms with Gasteiger partial charge < -0.3 is 15.3 Å². The van der Waals surface area contributed by atoms with Crippen LogP contribution < -0.4 is 5.32 Å². The average molecular weight is 284 g/mol. The maximum absolute atomic E-state index is 12.1. The van der Waals surface area contributed by atoms with Crippen LogP contribution in [0.1, 0.15) is 47.0 Å². The summed E-state index contributed by atoms with van der Waals surface area (Å²) in [6, 6.07) is 0.134. The Morgan fingerprint density at radius 3 is 2.45 bits per heavy atom. The number of nitrogens with one attached hydrogen (secondary N) is 1. The van der Waals surface area contributed by atoms with Gasteiger partial charge in [0.1, 0.15) is 0 Å². The van der Waals surface area contributed by atoms with Crippen molar-refractivity contribution < 1.29 is 14.7 Å². The molecule has 2 atom stereocenters. The van der Waals surface area contributed by atoms with Gasteiger partial charge in [0.2, 0.25) is 5.91 Å². The molecule has 1 saturated heterocycles. The van der Waals surface area contributed by atoms with Crippen molar-refractivity contribution in [2.45, 2.75) is 53.0 Å². The zero-order valence-corrected chi connectivity index (χ0v) is 13.1. The third-order valence-electron chi connectivity index (χ3n) is 3.84. The van der Waals surface area contributed by atoms with E-state index in [9.17, 15) is 9.59 Å². The molecule has 2 unspecified atom stereocenters. The normalized spacial score (nSPS) is 24.4. The maximum Gasteiger partial charge on any atom is 0.303 e. The van der Waals surface area contributed by atoms with E-state index >= 15 is 0 Å². The molecule has 5 nitrogen and oxygen atoms in total. The summed E-state index contributed by atoms with van der Waals surface area (Å²) in [5.74, 6) is -0.323. The van der Waals surface area contributed by atoms with Gasteiger partial charge in [0.25, 0.3) is 0 Å². The van der Waals surface area contributed by atoms with Gasteiger partial charge in [0.15, 0.2) is 0 Å². The first-order valence-electron chi connectivity index (χ1n) is 7.47. The highest BCUT2D eigenvalue weighted by Gasteiger charge is 2.30. The van der Waals surface area contributed by atoms with Crippen LogP contribution in [0.4, 0.5) is 0 Å². The lowest BCUT2D eigenvalue weighted by Crippen LogP contribution is -2.52. The molecule has 0 bridgehead atoms. The van der Waals surface area contributed by atoms with Crippen LogP contribution in [0.5, 0.6) is 0 Å². The number of carboxylic acid groups (broad SMARTS) is 1. The highest BCUT2D eigenvalue weighted by Crippen LogP contribution is 2.22. The molecule has 0 aliphatic carbocycles. The molecule has 1 heterocycles. The summed E-state index contributed by atoms with van der Waals surface area (Å²) in [4.78, 5) is 25.1. The second-order valence-electron chi connectivity index (χ2n) is 6.81. The van der Waals surface area contributed by atoms with Gasteiger partial charge in [-0.25, -0.2) is 0 Å². The second-order valence-corrected chi connectivity index (χ2v) is 6.81. The van der Waals surface area contributed by atoms with E-state index in [4.69, 9.17) is 5.11 Å². The monoisotopic (exact) mass is 284 g/mol. The van der Waals surface area contributed by atoms with Gasteiger partial charge in [0, 0.05) is 31.0 Å². The SMILES string of the molecule is CCN1CC(CCC(=O)O)CC(NC(=O)C(C)(C)C)C1. The number of hydrogen-bond donors (Lipinski definition) is 2. The van der Waals surface area contributed by atoms with Crippen LogP contribution in [0, 0.1) is 11.3 Å². The molecule has 5 heteroatoms. The highest BCUT2D eigenvalue weighted by molar-refractivity contribution is 5.81. The van der Waals surface area contributed by atoms with Crippen LogP contribution in [-0.2, 0) is 9.59 Å². The van der Waals surface area contributed by atoms with E-state index in [2.05, 4.69) is 17.1 Å². The minimum atomic E-state index is -0.742. The Hall–Kier alpha value is -1.10. The fraction of sp³-hybridized carbons (Fsp3) is 0.867. The van der Waals surface area contributed by atoms with Gasteiger partial charge >= 0.3 is 5.97 Å². The Balaban J connectivity index is 2.57. The predicted octanol–water partition coefficient (Wildman–Crippen LogP) is 1.72. The highest BCUT2D eigenvalue weighted by atomic mass is 16.4. The number of hydrogen-bond acceptors (Lipinski definition) is 3. The third kappa shape index (κ3) is 5.49. The summed E-state index contributed by atoms with van der Waals surface area (Å²) in [7, 11) is 0. The van der Waals surface area contributed by atoms with Crippen molar-refractivity contribution in [2.24, 2.45) is 11.3 Å². The zero-order valence-electron chi connectivity index (χ0n) is 13.1. The molecule has 20 heavy (non-hydrogen) atoms. The Bertz CT molecular complexity index is 350. The van der Waals surface area contributed by atoms with Crippen LogP contribution in [0.15, 0.2) is 0 Å². The largest absolute Gasteiger partial charge is 0.481 e. The first-order chi connectivity index (χ1) is 9.22. The van der Waals surface area contributed by atoms with Crippen molar-refractivity contribution in [2.75, 3.05) is 19.6 Å². The van der Waals surface area contributed by atoms with Crippen molar-refractivity contribution in [1.29, 1.82) is 0 Å². The Labute approximate surface area is 121 Å². The molecule has 0 aromatic carbocycles. The molecular formula is C15H28N2O3. The molecule has 0 spiro atoms. The zero-order chi connectivity index (χ0) is 15.3. The molecule has 2 N–H and O–H groups in total. The molecule has 1 fully saturated rings. The van der Waals surface area contributed by atoms with Crippen LogP contribution in [-0.4, -0.2) is 47.6 Å². The Kier molecular flexibility index (Phi) is 5.99. The van der Waals surface area contributed by atoms with Crippen molar-refractivity contribution >= 4 is 11.9 Å². The van der Waals surface area contributed by atoms with Crippen LogP contribution in [0.3, 0.4) is 0 Å². The van der Waals surface area contributed by atoms with E-state index in [0.717, 1.165) is 26.1 Å². The molecule has 1 rings (SSSR count). The second kappa shape index (κ2) is 7.07. The van der Waals surface area contributed by atoms with Gasteiger partial charge in [-0.05, 0) is 25.3 Å². The van der Waals surface area contributed by atoms with E-state index in [0.29, 0.717) is 12.3 Å². The minimum absolute atomic E-state index is 0.0671. The molecule has 1 amide bonds. The Morgan fingerprint density at radius 1 is 1.30 bits per heavy atom. The van der Waals surface area contributed by atoms with Crippen molar-refractivity contribution in [3.8, 4) is 0 Å². The first kappa shape index (κ1) is 17.0. The fourth-order valence-corrected chi connectivity index (χ4v) is 2.60. The number of carboxylic acids is 1. The summed E-state index contributed by atoms with van der Waals surface area (Å²) in [6.07, 6.45) is 1.78. The summed E-state index contributed by atoms with van der Waals surface area (Å²) < 4.78 is 0. The molecule has 116 valence electrons. The van der Waals surface area contributed by atoms with Crippen LogP contribution in [0.25, 0.3) is 0 Å².